The van der Waals surface area contributed by atoms with Crippen molar-refractivity contribution in [1.29, 1.82) is 0 Å². The second-order valence-corrected chi connectivity index (χ2v) is 8.29. The van der Waals surface area contributed by atoms with Gasteiger partial charge in [0.05, 0.1) is 54.2 Å². The monoisotopic (exact) mass is 489 g/mol. The standard InChI is InChI=1S/C25H24FN7O3/c1-36-21-7-13-5-6-33(23(34)10-27)20(13)9-17(21)31-22-8-14-18(11-29-12-19(14)32-22)30-16-4-2-3-15(26)24(16)25(28)35/h2-4,7-9,11-12,30-32H,5-6,10,27H2,1H3,(H2,28,35). The van der Waals surface area contributed by atoms with E-state index in [2.05, 4.69) is 20.6 Å². The van der Waals surface area contributed by atoms with Gasteiger partial charge in [-0.1, -0.05) is 6.07 Å². The number of halogens is 1. The van der Waals surface area contributed by atoms with Crippen molar-refractivity contribution >= 4 is 51.3 Å². The molecule has 5 rings (SSSR count). The van der Waals surface area contributed by atoms with Crippen LogP contribution in [0.3, 0.4) is 0 Å². The van der Waals surface area contributed by atoms with Crippen molar-refractivity contribution in [1.82, 2.24) is 9.97 Å². The van der Waals surface area contributed by atoms with Crippen LogP contribution in [0.5, 0.6) is 5.75 Å². The van der Waals surface area contributed by atoms with Crippen LogP contribution >= 0.6 is 0 Å². The highest BCUT2D eigenvalue weighted by atomic mass is 19.1. The molecule has 3 heterocycles. The van der Waals surface area contributed by atoms with Gasteiger partial charge in [0.1, 0.15) is 17.4 Å². The first-order valence-corrected chi connectivity index (χ1v) is 11.2. The van der Waals surface area contributed by atoms with Crippen molar-refractivity contribution in [3.63, 3.8) is 0 Å². The Balaban J connectivity index is 1.50. The van der Waals surface area contributed by atoms with Gasteiger partial charge in [-0.05, 0) is 42.3 Å². The third-order valence-corrected chi connectivity index (χ3v) is 6.12. The number of ether oxygens (including phenoxy) is 1. The van der Waals surface area contributed by atoms with Crippen LogP contribution in [-0.4, -0.2) is 42.0 Å². The number of rotatable bonds is 7. The van der Waals surface area contributed by atoms with Crippen LogP contribution in [0.1, 0.15) is 15.9 Å². The minimum absolute atomic E-state index is 0.0677. The third kappa shape index (κ3) is 4.05. The van der Waals surface area contributed by atoms with E-state index in [1.165, 1.54) is 12.1 Å². The summed E-state index contributed by atoms with van der Waals surface area (Å²) in [5.74, 6) is -0.488. The third-order valence-electron chi connectivity index (χ3n) is 6.12. The summed E-state index contributed by atoms with van der Waals surface area (Å²) >= 11 is 0. The highest BCUT2D eigenvalue weighted by Crippen LogP contribution is 2.39. The average Bonchev–Trinajstić information content (AvgIpc) is 3.47. The molecule has 10 nitrogen and oxygen atoms in total. The zero-order valence-electron chi connectivity index (χ0n) is 19.4. The lowest BCUT2D eigenvalue weighted by molar-refractivity contribution is -0.117. The van der Waals surface area contributed by atoms with E-state index in [1.807, 2.05) is 18.2 Å². The number of hydrogen-bond donors (Lipinski definition) is 5. The summed E-state index contributed by atoms with van der Waals surface area (Å²) in [6.07, 6.45) is 3.94. The molecule has 0 bridgehead atoms. The second-order valence-electron chi connectivity index (χ2n) is 8.29. The molecular weight excluding hydrogens is 465 g/mol. The van der Waals surface area contributed by atoms with E-state index in [4.69, 9.17) is 16.2 Å². The van der Waals surface area contributed by atoms with Crippen LogP contribution < -0.4 is 31.7 Å². The van der Waals surface area contributed by atoms with E-state index >= 15 is 0 Å². The van der Waals surface area contributed by atoms with Gasteiger partial charge in [-0.15, -0.1) is 0 Å². The zero-order valence-corrected chi connectivity index (χ0v) is 19.4. The molecule has 0 spiro atoms. The Bertz CT molecular complexity index is 1500. The van der Waals surface area contributed by atoms with Gasteiger partial charge in [0, 0.05) is 17.6 Å². The van der Waals surface area contributed by atoms with Crippen molar-refractivity contribution in [3.05, 3.63) is 65.7 Å². The fourth-order valence-electron chi connectivity index (χ4n) is 4.44. The lowest BCUT2D eigenvalue weighted by Gasteiger charge is -2.18. The number of nitrogens with zero attached hydrogens (tertiary/aromatic N) is 2. The van der Waals surface area contributed by atoms with Crippen molar-refractivity contribution in [2.24, 2.45) is 11.5 Å². The number of H-pyrrole nitrogens is 1. The van der Waals surface area contributed by atoms with Gasteiger partial charge in [0.25, 0.3) is 5.91 Å². The number of primary amides is 1. The molecule has 4 aromatic rings. The summed E-state index contributed by atoms with van der Waals surface area (Å²) in [6, 6.07) is 9.85. The van der Waals surface area contributed by atoms with E-state index in [0.29, 0.717) is 35.0 Å². The summed E-state index contributed by atoms with van der Waals surface area (Å²) in [7, 11) is 1.58. The smallest absolute Gasteiger partial charge is 0.253 e. The van der Waals surface area contributed by atoms with Gasteiger partial charge in [0.15, 0.2) is 0 Å². The number of carbonyl (C=O) groups excluding carboxylic acids is 2. The molecule has 0 saturated carbocycles. The van der Waals surface area contributed by atoms with Gasteiger partial charge in [-0.2, -0.15) is 0 Å². The Hall–Kier alpha value is -4.64. The van der Waals surface area contributed by atoms with Crippen molar-refractivity contribution in [2.45, 2.75) is 6.42 Å². The van der Waals surface area contributed by atoms with Gasteiger partial charge in [-0.3, -0.25) is 14.6 Å². The Morgan fingerprint density at radius 1 is 1.17 bits per heavy atom. The molecule has 0 fully saturated rings. The highest BCUT2D eigenvalue weighted by Gasteiger charge is 2.26. The summed E-state index contributed by atoms with van der Waals surface area (Å²) in [5.41, 5.74) is 14.7. The second kappa shape index (κ2) is 9.19. The molecule has 0 atom stereocenters. The van der Waals surface area contributed by atoms with E-state index in [0.717, 1.165) is 23.1 Å². The number of pyridine rings is 1. The van der Waals surface area contributed by atoms with Crippen LogP contribution in [0.4, 0.5) is 33.0 Å². The van der Waals surface area contributed by atoms with E-state index in [9.17, 15) is 14.0 Å². The summed E-state index contributed by atoms with van der Waals surface area (Å²) in [5, 5.41) is 7.12. The molecule has 7 N–H and O–H groups in total. The lowest BCUT2D eigenvalue weighted by Crippen LogP contribution is -2.34. The molecule has 184 valence electrons. The Labute approximate surface area is 205 Å². The number of benzene rings is 2. The van der Waals surface area contributed by atoms with E-state index in [1.54, 1.807) is 30.5 Å². The van der Waals surface area contributed by atoms with Crippen LogP contribution in [0, 0.1) is 5.82 Å². The first-order valence-electron chi connectivity index (χ1n) is 11.2. The normalized spacial score (nSPS) is 12.5. The molecule has 1 aliphatic heterocycles. The van der Waals surface area contributed by atoms with Gasteiger partial charge in [-0.25, -0.2) is 4.39 Å². The molecule has 0 aliphatic carbocycles. The number of hydrogen-bond acceptors (Lipinski definition) is 7. The molecule has 36 heavy (non-hydrogen) atoms. The number of fused-ring (bicyclic) bond motifs is 2. The topological polar surface area (TPSA) is 151 Å². The number of nitrogens with two attached hydrogens (primary N) is 2. The van der Waals surface area contributed by atoms with Crippen LogP contribution in [-0.2, 0) is 11.2 Å². The highest BCUT2D eigenvalue weighted by molar-refractivity contribution is 6.02. The predicted molar refractivity (Wildman–Crippen MR) is 136 cm³/mol. The van der Waals surface area contributed by atoms with Gasteiger partial charge in [0.2, 0.25) is 5.91 Å². The van der Waals surface area contributed by atoms with Crippen molar-refractivity contribution in [3.8, 4) is 5.75 Å². The maximum absolute atomic E-state index is 14.2. The van der Waals surface area contributed by atoms with E-state index < -0.39 is 11.7 Å². The maximum atomic E-state index is 14.2. The number of anilines is 5. The predicted octanol–water partition coefficient (Wildman–Crippen LogP) is 3.14. The molecule has 0 radical (unpaired) electrons. The number of amides is 2. The van der Waals surface area contributed by atoms with E-state index in [-0.39, 0.29) is 23.7 Å². The molecular formula is C25H24FN7O3. The van der Waals surface area contributed by atoms with Crippen LogP contribution in [0.15, 0.2) is 48.8 Å². The zero-order chi connectivity index (χ0) is 25.4. The lowest BCUT2D eigenvalue weighted by atomic mass is 10.1. The van der Waals surface area contributed by atoms with Gasteiger partial charge < -0.3 is 36.7 Å². The number of aromatic nitrogens is 2. The summed E-state index contributed by atoms with van der Waals surface area (Å²) in [6.45, 7) is 0.500. The first kappa shape index (κ1) is 23.1. The molecule has 0 saturated heterocycles. The van der Waals surface area contributed by atoms with Crippen LogP contribution in [0.25, 0.3) is 10.9 Å². The number of methoxy groups -OCH3 is 1. The van der Waals surface area contributed by atoms with Gasteiger partial charge >= 0.3 is 0 Å². The summed E-state index contributed by atoms with van der Waals surface area (Å²) in [4.78, 5) is 33.2. The van der Waals surface area contributed by atoms with Crippen LogP contribution in [0.2, 0.25) is 0 Å². The SMILES string of the molecule is COc1cc2c(cc1Nc1cc3c(Nc4cccc(F)c4C(N)=O)cncc3[nH]1)N(C(=O)CN)CC2. The Morgan fingerprint density at radius 3 is 2.75 bits per heavy atom. The molecule has 1 aliphatic rings. The fraction of sp³-hybridized carbons (Fsp3) is 0.160. The number of carbonyl (C=O) groups is 2. The quantitative estimate of drug-likeness (QED) is 0.267. The largest absolute Gasteiger partial charge is 0.495 e. The number of nitrogens with one attached hydrogen (secondary N) is 3. The minimum atomic E-state index is -0.877. The maximum Gasteiger partial charge on any atom is 0.253 e. The molecule has 11 heteroatoms. The first-order chi connectivity index (χ1) is 17.4. The Kier molecular flexibility index (Phi) is 5.90. The number of aromatic amines is 1. The van der Waals surface area contributed by atoms with Crippen molar-refractivity contribution < 1.29 is 18.7 Å². The molecule has 2 amide bonds. The average molecular weight is 490 g/mol. The molecule has 2 aromatic carbocycles. The Morgan fingerprint density at radius 2 is 2.00 bits per heavy atom. The molecule has 0 unspecified atom stereocenters. The molecule has 2 aromatic heterocycles. The summed E-state index contributed by atoms with van der Waals surface area (Å²) < 4.78 is 19.8. The van der Waals surface area contributed by atoms with Crippen molar-refractivity contribution in [2.75, 3.05) is 35.7 Å². The minimum Gasteiger partial charge on any atom is -0.495 e. The fourth-order valence-corrected chi connectivity index (χ4v) is 4.44.